The standard InChI is InChI=1S/C18H22N2O3S2.ClH/c1-13(19)15-9-5-6-12-20(15)18(21)16-10-11-17(24-16)25(22,23)14-7-3-2-4-8-14;/h2-4,7-8,10-11,13,15H,5-6,9,12,19H2,1H3;1H. The predicted octanol–water partition coefficient (Wildman–Crippen LogP) is 3.34. The molecule has 3 rings (SSSR count). The van der Waals surface area contributed by atoms with E-state index in [0.717, 1.165) is 30.6 Å². The molecule has 1 fully saturated rings. The summed E-state index contributed by atoms with van der Waals surface area (Å²) in [5.41, 5.74) is 6.04. The summed E-state index contributed by atoms with van der Waals surface area (Å²) in [5, 5.41) is 0. The highest BCUT2D eigenvalue weighted by molar-refractivity contribution is 7.93. The highest BCUT2D eigenvalue weighted by atomic mass is 35.5. The number of piperidine rings is 1. The van der Waals surface area contributed by atoms with Crippen molar-refractivity contribution in [2.45, 2.75) is 47.4 Å². The van der Waals surface area contributed by atoms with Gasteiger partial charge < -0.3 is 10.6 Å². The fourth-order valence-electron chi connectivity index (χ4n) is 3.19. The van der Waals surface area contributed by atoms with E-state index in [4.69, 9.17) is 5.73 Å². The quantitative estimate of drug-likeness (QED) is 0.831. The monoisotopic (exact) mass is 414 g/mol. The fraction of sp³-hybridized carbons (Fsp3) is 0.389. The van der Waals surface area contributed by atoms with E-state index < -0.39 is 9.84 Å². The summed E-state index contributed by atoms with van der Waals surface area (Å²) in [6.07, 6.45) is 2.91. The van der Waals surface area contributed by atoms with Gasteiger partial charge in [-0.1, -0.05) is 18.2 Å². The number of thiophene rings is 1. The molecule has 2 atom stereocenters. The van der Waals surface area contributed by atoms with Gasteiger partial charge in [0.15, 0.2) is 0 Å². The minimum Gasteiger partial charge on any atom is -0.333 e. The van der Waals surface area contributed by atoms with Gasteiger partial charge in [-0.15, -0.1) is 23.7 Å². The van der Waals surface area contributed by atoms with Crippen molar-refractivity contribution in [2.24, 2.45) is 5.73 Å². The van der Waals surface area contributed by atoms with Crippen LogP contribution in [0, 0.1) is 0 Å². The summed E-state index contributed by atoms with van der Waals surface area (Å²) in [5.74, 6) is -0.124. The highest BCUT2D eigenvalue weighted by Crippen LogP contribution is 2.30. The van der Waals surface area contributed by atoms with Crippen LogP contribution < -0.4 is 5.73 Å². The summed E-state index contributed by atoms with van der Waals surface area (Å²) in [7, 11) is -3.59. The van der Waals surface area contributed by atoms with Crippen LogP contribution in [0.4, 0.5) is 0 Å². The van der Waals surface area contributed by atoms with Gasteiger partial charge >= 0.3 is 0 Å². The normalized spacial score (nSPS) is 18.8. The number of halogens is 1. The number of hydrogen-bond acceptors (Lipinski definition) is 5. The average Bonchev–Trinajstić information content (AvgIpc) is 3.13. The second-order valence-corrected chi connectivity index (χ2v) is 9.62. The largest absolute Gasteiger partial charge is 0.333 e. The van der Waals surface area contributed by atoms with E-state index in [1.165, 1.54) is 6.07 Å². The Hall–Kier alpha value is -1.41. The van der Waals surface area contributed by atoms with Gasteiger partial charge in [0.25, 0.3) is 5.91 Å². The molecule has 2 aromatic rings. The first kappa shape index (κ1) is 20.9. The molecule has 2 unspecified atom stereocenters. The van der Waals surface area contributed by atoms with Crippen molar-refractivity contribution in [1.29, 1.82) is 0 Å². The summed E-state index contributed by atoms with van der Waals surface area (Å²) >= 11 is 1.03. The third kappa shape index (κ3) is 4.11. The van der Waals surface area contributed by atoms with E-state index in [1.54, 1.807) is 41.3 Å². The molecule has 0 saturated carbocycles. The van der Waals surface area contributed by atoms with Crippen molar-refractivity contribution in [3.8, 4) is 0 Å². The second-order valence-electron chi connectivity index (χ2n) is 6.36. The number of carbonyl (C=O) groups excluding carboxylic acids is 1. The number of rotatable bonds is 4. The summed E-state index contributed by atoms with van der Waals surface area (Å²) in [6.45, 7) is 2.58. The van der Waals surface area contributed by atoms with Gasteiger partial charge in [-0.2, -0.15) is 0 Å². The van der Waals surface area contributed by atoms with E-state index in [1.807, 2.05) is 6.92 Å². The van der Waals surface area contributed by atoms with Crippen molar-refractivity contribution in [1.82, 2.24) is 4.90 Å². The SMILES string of the molecule is CC(N)C1CCCCN1C(=O)c1ccc(S(=O)(=O)c2ccccc2)s1.Cl. The first-order valence-corrected chi connectivity index (χ1v) is 10.7. The van der Waals surface area contributed by atoms with Crippen LogP contribution in [0.2, 0.25) is 0 Å². The van der Waals surface area contributed by atoms with Gasteiger partial charge in [0.2, 0.25) is 9.84 Å². The molecule has 2 N–H and O–H groups in total. The molecule has 8 heteroatoms. The Morgan fingerprint density at radius 3 is 2.54 bits per heavy atom. The van der Waals surface area contributed by atoms with Gasteiger partial charge in [-0.25, -0.2) is 8.42 Å². The van der Waals surface area contributed by atoms with Gasteiger partial charge in [0, 0.05) is 18.6 Å². The number of likely N-dealkylation sites (tertiary alicyclic amines) is 1. The molecule has 1 aliphatic rings. The molecule has 0 bridgehead atoms. The Kier molecular flexibility index (Phi) is 6.85. The number of amides is 1. The molecular weight excluding hydrogens is 392 g/mol. The number of hydrogen-bond donors (Lipinski definition) is 1. The third-order valence-corrected chi connectivity index (χ3v) is 7.86. The first-order chi connectivity index (χ1) is 11.9. The number of sulfone groups is 1. The molecule has 1 amide bonds. The summed E-state index contributed by atoms with van der Waals surface area (Å²) in [6, 6.07) is 11.3. The lowest BCUT2D eigenvalue weighted by molar-refractivity contribution is 0.0589. The smallest absolute Gasteiger partial charge is 0.264 e. The van der Waals surface area contributed by atoms with Crippen molar-refractivity contribution in [2.75, 3.05) is 6.54 Å². The van der Waals surface area contributed by atoms with Gasteiger partial charge in [-0.3, -0.25) is 4.79 Å². The van der Waals surface area contributed by atoms with Crippen LogP contribution >= 0.6 is 23.7 Å². The van der Waals surface area contributed by atoms with Crippen LogP contribution in [0.25, 0.3) is 0 Å². The van der Waals surface area contributed by atoms with Crippen molar-refractivity contribution < 1.29 is 13.2 Å². The topological polar surface area (TPSA) is 80.5 Å². The lowest BCUT2D eigenvalue weighted by Gasteiger charge is -2.37. The summed E-state index contributed by atoms with van der Waals surface area (Å²) in [4.78, 5) is 15.4. The van der Waals surface area contributed by atoms with Crippen LogP contribution in [0.15, 0.2) is 51.6 Å². The van der Waals surface area contributed by atoms with Crippen LogP contribution in [0.1, 0.15) is 35.9 Å². The highest BCUT2D eigenvalue weighted by Gasteiger charge is 2.31. The lowest BCUT2D eigenvalue weighted by Crippen LogP contribution is -2.51. The zero-order chi connectivity index (χ0) is 18.0. The van der Waals surface area contributed by atoms with Crippen molar-refractivity contribution >= 4 is 39.5 Å². The number of nitrogens with two attached hydrogens (primary N) is 1. The molecule has 1 aromatic heterocycles. The van der Waals surface area contributed by atoms with E-state index in [-0.39, 0.29) is 39.5 Å². The molecule has 142 valence electrons. The Morgan fingerprint density at radius 2 is 1.88 bits per heavy atom. The molecule has 1 saturated heterocycles. The lowest BCUT2D eigenvalue weighted by atomic mass is 9.97. The summed E-state index contributed by atoms with van der Waals surface area (Å²) < 4.78 is 25.6. The molecule has 26 heavy (non-hydrogen) atoms. The number of carbonyl (C=O) groups is 1. The molecule has 1 aliphatic heterocycles. The minimum absolute atomic E-state index is 0. The van der Waals surface area contributed by atoms with Crippen LogP contribution in [0.3, 0.4) is 0 Å². The Bertz CT molecular complexity index is 850. The maximum atomic E-state index is 12.9. The molecule has 1 aromatic carbocycles. The zero-order valence-electron chi connectivity index (χ0n) is 14.5. The van der Waals surface area contributed by atoms with Gasteiger partial charge in [-0.05, 0) is 50.5 Å². The number of nitrogens with zero attached hydrogens (tertiary/aromatic N) is 1. The maximum absolute atomic E-state index is 12.9. The van der Waals surface area contributed by atoms with E-state index in [2.05, 4.69) is 0 Å². The van der Waals surface area contributed by atoms with Gasteiger partial charge in [0.1, 0.15) is 4.21 Å². The van der Waals surface area contributed by atoms with Crippen molar-refractivity contribution in [3.63, 3.8) is 0 Å². The van der Waals surface area contributed by atoms with Gasteiger partial charge in [0.05, 0.1) is 9.77 Å². The number of benzene rings is 1. The molecule has 2 heterocycles. The van der Waals surface area contributed by atoms with E-state index in [0.29, 0.717) is 11.4 Å². The fourth-order valence-corrected chi connectivity index (χ4v) is 5.88. The maximum Gasteiger partial charge on any atom is 0.264 e. The second kappa shape index (κ2) is 8.52. The van der Waals surface area contributed by atoms with Crippen molar-refractivity contribution in [3.05, 3.63) is 47.3 Å². The van der Waals surface area contributed by atoms with E-state index in [9.17, 15) is 13.2 Å². The zero-order valence-corrected chi connectivity index (χ0v) is 16.9. The molecule has 0 spiro atoms. The predicted molar refractivity (Wildman–Crippen MR) is 106 cm³/mol. The van der Waals surface area contributed by atoms with Crippen LogP contribution in [0.5, 0.6) is 0 Å². The minimum atomic E-state index is -3.59. The van der Waals surface area contributed by atoms with Crippen LogP contribution in [-0.2, 0) is 9.84 Å². The first-order valence-electron chi connectivity index (χ1n) is 8.38. The average molecular weight is 415 g/mol. The Morgan fingerprint density at radius 1 is 1.19 bits per heavy atom. The molecule has 0 aliphatic carbocycles. The van der Waals surface area contributed by atoms with Crippen LogP contribution in [-0.4, -0.2) is 37.9 Å². The third-order valence-electron chi connectivity index (χ3n) is 4.53. The molecule has 5 nitrogen and oxygen atoms in total. The Balaban J connectivity index is 0.00000243. The Labute approximate surface area is 164 Å². The van der Waals surface area contributed by atoms with E-state index >= 15 is 0 Å². The molecule has 0 radical (unpaired) electrons. The molecular formula is C18H23ClN2O3S2.